The normalized spacial score (nSPS) is 11.5. The van der Waals surface area contributed by atoms with Gasteiger partial charge in [0.2, 0.25) is 0 Å². The fraction of sp³-hybridized carbons (Fsp3) is 0.455. The summed E-state index contributed by atoms with van der Waals surface area (Å²) in [6.45, 7) is 4.92. The fourth-order valence-corrected chi connectivity index (χ4v) is 1.80. The molecule has 0 aromatic carbocycles. The van der Waals surface area contributed by atoms with Crippen molar-refractivity contribution in [3.05, 3.63) is 29.7 Å². The van der Waals surface area contributed by atoms with Gasteiger partial charge in [0.15, 0.2) is 5.65 Å². The molecular formula is C11H16N4. The first kappa shape index (κ1) is 10.1. The van der Waals surface area contributed by atoms with E-state index in [-0.39, 0.29) is 0 Å². The molecule has 0 radical (unpaired) electrons. The first-order valence-corrected chi connectivity index (χ1v) is 5.26. The van der Waals surface area contributed by atoms with Crippen molar-refractivity contribution in [1.29, 1.82) is 0 Å². The van der Waals surface area contributed by atoms with E-state index in [1.54, 1.807) is 6.20 Å². The molecule has 0 atom stereocenters. The van der Waals surface area contributed by atoms with Crippen molar-refractivity contribution in [3.8, 4) is 0 Å². The summed E-state index contributed by atoms with van der Waals surface area (Å²) in [6.07, 6.45) is 4.56. The van der Waals surface area contributed by atoms with E-state index in [9.17, 15) is 0 Å². The Kier molecular flexibility index (Phi) is 2.68. The van der Waals surface area contributed by atoms with Crippen LogP contribution in [-0.2, 0) is 6.42 Å². The lowest BCUT2D eigenvalue weighted by Crippen LogP contribution is -2.05. The second-order valence-electron chi connectivity index (χ2n) is 3.95. The Balaban J connectivity index is 2.63. The van der Waals surface area contributed by atoms with E-state index in [0.29, 0.717) is 12.5 Å². The molecule has 4 heteroatoms. The third-order valence-corrected chi connectivity index (χ3v) is 2.46. The van der Waals surface area contributed by atoms with Crippen LogP contribution in [0, 0.1) is 0 Å². The summed E-state index contributed by atoms with van der Waals surface area (Å²) in [5.74, 6) is 0.410. The van der Waals surface area contributed by atoms with Crippen LogP contribution in [0.2, 0.25) is 0 Å². The number of hydrogen-bond acceptors (Lipinski definition) is 3. The molecule has 4 nitrogen and oxygen atoms in total. The number of nitrogens with zero attached hydrogens (tertiary/aromatic N) is 3. The maximum Gasteiger partial charge on any atom is 0.158 e. The van der Waals surface area contributed by atoms with Gasteiger partial charge in [-0.05, 0) is 24.9 Å². The van der Waals surface area contributed by atoms with Crippen molar-refractivity contribution in [3.63, 3.8) is 0 Å². The van der Waals surface area contributed by atoms with Crippen LogP contribution >= 0.6 is 0 Å². The van der Waals surface area contributed by atoms with E-state index in [1.807, 2.05) is 16.8 Å². The summed E-state index contributed by atoms with van der Waals surface area (Å²) < 4.78 is 1.83. The zero-order valence-corrected chi connectivity index (χ0v) is 9.14. The minimum atomic E-state index is 0.410. The Morgan fingerprint density at radius 1 is 1.47 bits per heavy atom. The molecule has 0 amide bonds. The lowest BCUT2D eigenvalue weighted by Gasteiger charge is -2.02. The lowest BCUT2D eigenvalue weighted by molar-refractivity contribution is 0.773. The maximum atomic E-state index is 5.61. The molecule has 0 fully saturated rings. The van der Waals surface area contributed by atoms with Gasteiger partial charge >= 0.3 is 0 Å². The molecule has 0 saturated carbocycles. The summed E-state index contributed by atoms with van der Waals surface area (Å²) in [6, 6.07) is 1.89. The van der Waals surface area contributed by atoms with Gasteiger partial charge in [0.1, 0.15) is 0 Å². The molecule has 15 heavy (non-hydrogen) atoms. The standard InChI is InChI=1S/C11H16N4/c1-8(2)10-9(4-5-12)11-13-6-3-7-15(11)14-10/h3,6-8H,4-5,12H2,1-2H3. The summed E-state index contributed by atoms with van der Waals surface area (Å²) >= 11 is 0. The van der Waals surface area contributed by atoms with Crippen molar-refractivity contribution in [2.75, 3.05) is 6.54 Å². The van der Waals surface area contributed by atoms with Crippen LogP contribution in [-0.4, -0.2) is 21.1 Å². The molecule has 0 saturated heterocycles. The zero-order valence-electron chi connectivity index (χ0n) is 9.14. The van der Waals surface area contributed by atoms with Crippen molar-refractivity contribution in [2.45, 2.75) is 26.2 Å². The van der Waals surface area contributed by atoms with E-state index in [4.69, 9.17) is 5.73 Å². The van der Waals surface area contributed by atoms with E-state index < -0.39 is 0 Å². The number of nitrogens with two attached hydrogens (primary N) is 1. The molecule has 2 N–H and O–H groups in total. The summed E-state index contributed by atoms with van der Waals surface area (Å²) in [5.41, 5.74) is 8.85. The predicted octanol–water partition coefficient (Wildman–Crippen LogP) is 1.35. The van der Waals surface area contributed by atoms with Gasteiger partial charge in [0.05, 0.1) is 5.69 Å². The molecule has 0 aliphatic rings. The average molecular weight is 204 g/mol. The molecule has 0 aliphatic carbocycles. The fourth-order valence-electron chi connectivity index (χ4n) is 1.80. The van der Waals surface area contributed by atoms with E-state index in [0.717, 1.165) is 17.8 Å². The van der Waals surface area contributed by atoms with E-state index >= 15 is 0 Å². The van der Waals surface area contributed by atoms with Crippen LogP contribution in [0.25, 0.3) is 5.65 Å². The first-order valence-electron chi connectivity index (χ1n) is 5.26. The van der Waals surface area contributed by atoms with Crippen LogP contribution in [0.3, 0.4) is 0 Å². The van der Waals surface area contributed by atoms with Gasteiger partial charge in [-0.2, -0.15) is 5.10 Å². The minimum Gasteiger partial charge on any atom is -0.330 e. The topological polar surface area (TPSA) is 56.2 Å². The van der Waals surface area contributed by atoms with Gasteiger partial charge in [0, 0.05) is 18.0 Å². The highest BCUT2D eigenvalue weighted by molar-refractivity contribution is 5.50. The van der Waals surface area contributed by atoms with Crippen LogP contribution < -0.4 is 5.73 Å². The number of hydrogen-bond donors (Lipinski definition) is 1. The Morgan fingerprint density at radius 2 is 2.27 bits per heavy atom. The molecule has 0 bridgehead atoms. The van der Waals surface area contributed by atoms with Crippen molar-refractivity contribution in [1.82, 2.24) is 14.6 Å². The second-order valence-corrected chi connectivity index (χ2v) is 3.95. The van der Waals surface area contributed by atoms with Crippen molar-refractivity contribution in [2.24, 2.45) is 5.73 Å². The third-order valence-electron chi connectivity index (χ3n) is 2.46. The highest BCUT2D eigenvalue weighted by Gasteiger charge is 2.14. The minimum absolute atomic E-state index is 0.410. The Labute approximate surface area is 89.1 Å². The van der Waals surface area contributed by atoms with E-state index in [2.05, 4.69) is 23.9 Å². The molecule has 80 valence electrons. The highest BCUT2D eigenvalue weighted by atomic mass is 15.2. The molecule has 0 spiro atoms. The van der Waals surface area contributed by atoms with Gasteiger partial charge in [0.25, 0.3) is 0 Å². The number of aromatic nitrogens is 3. The average Bonchev–Trinajstić information content (AvgIpc) is 2.58. The Morgan fingerprint density at radius 3 is 2.93 bits per heavy atom. The lowest BCUT2D eigenvalue weighted by atomic mass is 10.0. The summed E-state index contributed by atoms with van der Waals surface area (Å²) in [4.78, 5) is 4.35. The van der Waals surface area contributed by atoms with Gasteiger partial charge in [-0.15, -0.1) is 0 Å². The predicted molar refractivity (Wildman–Crippen MR) is 59.8 cm³/mol. The van der Waals surface area contributed by atoms with Crippen LogP contribution in [0.1, 0.15) is 31.0 Å². The zero-order chi connectivity index (χ0) is 10.8. The monoisotopic (exact) mass is 204 g/mol. The van der Waals surface area contributed by atoms with Gasteiger partial charge < -0.3 is 5.73 Å². The van der Waals surface area contributed by atoms with Gasteiger partial charge in [-0.3, -0.25) is 0 Å². The van der Waals surface area contributed by atoms with Gasteiger partial charge in [-0.1, -0.05) is 13.8 Å². The smallest absolute Gasteiger partial charge is 0.158 e. The molecule has 0 aliphatic heterocycles. The SMILES string of the molecule is CC(C)c1nn2cccnc2c1CCN. The molecule has 0 unspecified atom stereocenters. The van der Waals surface area contributed by atoms with Crippen LogP contribution in [0.5, 0.6) is 0 Å². The second kappa shape index (κ2) is 3.98. The van der Waals surface area contributed by atoms with Gasteiger partial charge in [-0.25, -0.2) is 9.50 Å². The van der Waals surface area contributed by atoms with Crippen LogP contribution in [0.4, 0.5) is 0 Å². The molecule has 2 heterocycles. The van der Waals surface area contributed by atoms with E-state index in [1.165, 1.54) is 5.56 Å². The Hall–Kier alpha value is -1.42. The largest absolute Gasteiger partial charge is 0.330 e. The Bertz CT molecular complexity index is 459. The summed E-state index contributed by atoms with van der Waals surface area (Å²) in [5, 5.41) is 4.53. The summed E-state index contributed by atoms with van der Waals surface area (Å²) in [7, 11) is 0. The molecular weight excluding hydrogens is 188 g/mol. The van der Waals surface area contributed by atoms with Crippen molar-refractivity contribution < 1.29 is 0 Å². The van der Waals surface area contributed by atoms with Crippen LogP contribution in [0.15, 0.2) is 18.5 Å². The first-order chi connectivity index (χ1) is 7.24. The number of fused-ring (bicyclic) bond motifs is 1. The van der Waals surface area contributed by atoms with Crippen molar-refractivity contribution >= 4 is 5.65 Å². The molecule has 2 aromatic rings. The quantitative estimate of drug-likeness (QED) is 0.821. The molecule has 2 aromatic heterocycles. The molecule has 2 rings (SSSR count). The third kappa shape index (κ3) is 1.72. The highest BCUT2D eigenvalue weighted by Crippen LogP contribution is 2.21. The number of rotatable bonds is 3. The maximum absolute atomic E-state index is 5.61.